The monoisotopic (exact) mass is 188 g/mol. The fourth-order valence-corrected chi connectivity index (χ4v) is 0.440. The second-order valence-corrected chi connectivity index (χ2v) is 2.25. The molecule has 0 aromatic carbocycles. The number of carbonyl (C=O) groups is 2. The zero-order valence-electron chi connectivity index (χ0n) is 5.93. The molecule has 0 amide bonds. The van der Waals surface area contributed by atoms with Crippen LogP contribution in [0.5, 0.6) is 0 Å². The Labute approximate surface area is 71.4 Å². The summed E-state index contributed by atoms with van der Waals surface area (Å²) in [5, 5.41) is 4.03. The fraction of sp³-hybridized carbons (Fsp3) is 0. The maximum Gasteiger partial charge on any atom is 0.178 e. The zero-order chi connectivity index (χ0) is 9.56. The van der Waals surface area contributed by atoms with Crippen molar-refractivity contribution in [3.63, 3.8) is 0 Å². The van der Waals surface area contributed by atoms with Crippen molar-refractivity contribution in [2.45, 2.75) is 0 Å². The molecular formula is C6H6NO4S-. The molecule has 0 aromatic rings. The molecule has 1 aliphatic rings. The highest BCUT2D eigenvalue weighted by molar-refractivity contribution is 7.76. The second-order valence-electron chi connectivity index (χ2n) is 1.73. The van der Waals surface area contributed by atoms with Crippen LogP contribution in [0.15, 0.2) is 24.3 Å². The third-order valence-electron chi connectivity index (χ3n) is 0.824. The van der Waals surface area contributed by atoms with Crippen LogP contribution in [0.4, 0.5) is 0 Å². The van der Waals surface area contributed by atoms with Crippen LogP contribution >= 0.6 is 0 Å². The zero-order valence-corrected chi connectivity index (χ0v) is 6.74. The normalized spacial score (nSPS) is 16.8. The third-order valence-corrected chi connectivity index (χ3v) is 0.824. The molecule has 6 heteroatoms. The van der Waals surface area contributed by atoms with Crippen molar-refractivity contribution in [2.75, 3.05) is 0 Å². The molecule has 0 heterocycles. The largest absolute Gasteiger partial charge is 0.760 e. The van der Waals surface area contributed by atoms with E-state index in [9.17, 15) is 9.59 Å². The van der Waals surface area contributed by atoms with Crippen molar-refractivity contribution < 1.29 is 18.4 Å². The number of hydrogen-bond acceptors (Lipinski definition) is 4. The van der Waals surface area contributed by atoms with E-state index in [1.807, 2.05) is 0 Å². The molecule has 2 N–H and O–H groups in total. The van der Waals surface area contributed by atoms with Gasteiger partial charge in [-0.15, -0.1) is 0 Å². The molecule has 12 heavy (non-hydrogen) atoms. The van der Waals surface area contributed by atoms with E-state index < -0.39 is 11.3 Å². The molecule has 66 valence electrons. The number of rotatable bonds is 0. The standard InChI is InChI=1S/C6H4O2.H3NO2S/c7-5-1-2-6(8)4-3-5;1-4(2)3/h1-4H;1H2,(H,2,3)/p-1. The first-order valence-corrected chi connectivity index (χ1v) is 3.94. The molecule has 1 unspecified atom stereocenters. The first-order valence-electron chi connectivity index (χ1n) is 2.80. The summed E-state index contributed by atoms with van der Waals surface area (Å²) in [6.45, 7) is 0. The quantitative estimate of drug-likeness (QED) is 0.388. The predicted octanol–water partition coefficient (Wildman–Crippen LogP) is -1.01. The van der Waals surface area contributed by atoms with E-state index in [0.29, 0.717) is 0 Å². The summed E-state index contributed by atoms with van der Waals surface area (Å²) in [5.41, 5.74) is 0. The lowest BCUT2D eigenvalue weighted by molar-refractivity contribution is -0.113. The molecule has 5 nitrogen and oxygen atoms in total. The van der Waals surface area contributed by atoms with Gasteiger partial charge in [-0.25, -0.2) is 0 Å². The molecule has 0 aromatic heterocycles. The smallest absolute Gasteiger partial charge is 0.178 e. The molecule has 0 aliphatic heterocycles. The number of hydrogen-bond donors (Lipinski definition) is 1. The van der Waals surface area contributed by atoms with Gasteiger partial charge in [0.05, 0.1) is 0 Å². The molecule has 0 spiro atoms. The molecule has 0 fully saturated rings. The molecular weight excluding hydrogens is 182 g/mol. The summed E-state index contributed by atoms with van der Waals surface area (Å²) in [6, 6.07) is 0. The van der Waals surface area contributed by atoms with Crippen LogP contribution in [0.25, 0.3) is 0 Å². The number of ketones is 2. The highest BCUT2D eigenvalue weighted by atomic mass is 32.2. The van der Waals surface area contributed by atoms with E-state index in [4.69, 9.17) is 8.76 Å². The van der Waals surface area contributed by atoms with Crippen LogP contribution in [-0.2, 0) is 20.9 Å². The minimum atomic E-state index is -2.36. The fourth-order valence-electron chi connectivity index (χ4n) is 0.440. The molecule has 0 saturated carbocycles. The van der Waals surface area contributed by atoms with Crippen LogP contribution < -0.4 is 5.14 Å². The molecule has 0 radical (unpaired) electrons. The number of nitrogens with two attached hydrogens (primary N) is 1. The van der Waals surface area contributed by atoms with Gasteiger partial charge in [0.2, 0.25) is 0 Å². The van der Waals surface area contributed by atoms with E-state index in [2.05, 4.69) is 5.14 Å². The van der Waals surface area contributed by atoms with Gasteiger partial charge in [-0.1, -0.05) is 0 Å². The number of allylic oxidation sites excluding steroid dienone is 4. The highest BCUT2D eigenvalue weighted by Crippen LogP contribution is 1.90. The minimum absolute atomic E-state index is 0.121. The average Bonchev–Trinajstić information content (AvgIpc) is 1.94. The number of carbonyl (C=O) groups excluding carboxylic acids is 2. The summed E-state index contributed by atoms with van der Waals surface area (Å²) in [5.74, 6) is -0.241. The first kappa shape index (κ1) is 10.9. The minimum Gasteiger partial charge on any atom is -0.760 e. The van der Waals surface area contributed by atoms with Crippen molar-refractivity contribution in [2.24, 2.45) is 5.14 Å². The van der Waals surface area contributed by atoms with Crippen molar-refractivity contribution in [3.05, 3.63) is 24.3 Å². The lowest BCUT2D eigenvalue weighted by atomic mass is 10.2. The van der Waals surface area contributed by atoms with Crippen molar-refractivity contribution >= 4 is 22.8 Å². The molecule has 0 bridgehead atoms. The van der Waals surface area contributed by atoms with Gasteiger partial charge in [0.25, 0.3) is 0 Å². The Morgan fingerprint density at radius 1 is 1.08 bits per heavy atom. The van der Waals surface area contributed by atoms with Crippen LogP contribution in [0.3, 0.4) is 0 Å². The Hall–Kier alpha value is -1.11. The Kier molecular flexibility index (Phi) is 5.02. The molecule has 1 rings (SSSR count). The topological polar surface area (TPSA) is 100 Å². The summed E-state index contributed by atoms with van der Waals surface area (Å²) >= 11 is -2.36. The van der Waals surface area contributed by atoms with E-state index in [-0.39, 0.29) is 11.6 Å². The van der Waals surface area contributed by atoms with E-state index in [0.717, 1.165) is 0 Å². The van der Waals surface area contributed by atoms with Gasteiger partial charge in [0.15, 0.2) is 11.6 Å². The van der Waals surface area contributed by atoms with Gasteiger partial charge in [-0.2, -0.15) is 0 Å². The third kappa shape index (κ3) is 7.00. The summed E-state index contributed by atoms with van der Waals surface area (Å²) in [6.07, 6.45) is 5.01. The van der Waals surface area contributed by atoms with E-state index >= 15 is 0 Å². The molecule has 0 saturated heterocycles. The van der Waals surface area contributed by atoms with Crippen LogP contribution in [0.2, 0.25) is 0 Å². The van der Waals surface area contributed by atoms with Gasteiger partial charge in [0, 0.05) is 11.3 Å². The van der Waals surface area contributed by atoms with Crippen molar-refractivity contribution in [1.82, 2.24) is 0 Å². The Balaban J connectivity index is 0.000000261. The van der Waals surface area contributed by atoms with E-state index in [1.165, 1.54) is 24.3 Å². The highest BCUT2D eigenvalue weighted by Gasteiger charge is 1.97. The van der Waals surface area contributed by atoms with Crippen molar-refractivity contribution in [3.8, 4) is 0 Å². The summed E-state index contributed by atoms with van der Waals surface area (Å²) < 4.78 is 17.6. The van der Waals surface area contributed by atoms with E-state index in [1.54, 1.807) is 0 Å². The Morgan fingerprint density at radius 2 is 1.25 bits per heavy atom. The van der Waals surface area contributed by atoms with Crippen molar-refractivity contribution in [1.29, 1.82) is 0 Å². The molecule has 1 atom stereocenters. The lowest BCUT2D eigenvalue weighted by Crippen LogP contribution is -1.97. The predicted molar refractivity (Wildman–Crippen MR) is 41.4 cm³/mol. The van der Waals surface area contributed by atoms with Gasteiger partial charge >= 0.3 is 0 Å². The average molecular weight is 188 g/mol. The summed E-state index contributed by atoms with van der Waals surface area (Å²) in [4.78, 5) is 20.6. The Bertz CT molecular complexity index is 227. The SMILES string of the molecule is NS(=O)[O-].O=C1C=CC(=O)C=C1. The van der Waals surface area contributed by atoms with Crippen LogP contribution in [-0.4, -0.2) is 20.3 Å². The second kappa shape index (κ2) is 5.53. The van der Waals surface area contributed by atoms with Gasteiger partial charge in [-0.3, -0.25) is 18.9 Å². The maximum absolute atomic E-state index is 10.3. The van der Waals surface area contributed by atoms with Gasteiger partial charge in [0.1, 0.15) is 0 Å². The maximum atomic E-state index is 10.3. The van der Waals surface area contributed by atoms with Crippen LogP contribution in [0, 0.1) is 0 Å². The lowest BCUT2D eigenvalue weighted by Gasteiger charge is -1.87. The molecule has 1 aliphatic carbocycles. The van der Waals surface area contributed by atoms with Crippen LogP contribution in [0.1, 0.15) is 0 Å². The van der Waals surface area contributed by atoms with Gasteiger partial charge in [-0.05, 0) is 24.3 Å². The first-order chi connectivity index (χ1) is 5.52. The summed E-state index contributed by atoms with van der Waals surface area (Å²) in [7, 11) is 0. The Morgan fingerprint density at radius 3 is 1.42 bits per heavy atom. The van der Waals surface area contributed by atoms with Gasteiger partial charge < -0.3 is 4.55 Å².